The minimum absolute atomic E-state index is 0.0821. The standard InChI is InChI=1S/C14H15FN2O2/c1-3-7-19-11-6-4-5-10(8-11)13-16-9(2)12(15)14(18)17-13/h4-6,8H,3,7H2,1-2H3,(H,16,17,18). The van der Waals surface area contributed by atoms with Crippen LogP contribution in [0.3, 0.4) is 0 Å². The average Bonchev–Trinajstić information content (AvgIpc) is 2.42. The molecule has 0 saturated carbocycles. The molecule has 0 aliphatic carbocycles. The Kier molecular flexibility index (Phi) is 3.94. The number of H-pyrrole nitrogens is 1. The molecule has 0 aliphatic rings. The van der Waals surface area contributed by atoms with E-state index >= 15 is 0 Å². The van der Waals surface area contributed by atoms with E-state index in [9.17, 15) is 9.18 Å². The number of aryl methyl sites for hydroxylation is 1. The van der Waals surface area contributed by atoms with Gasteiger partial charge in [-0.2, -0.15) is 4.39 Å². The molecule has 0 aliphatic heterocycles. The van der Waals surface area contributed by atoms with Crippen molar-refractivity contribution in [3.8, 4) is 17.1 Å². The van der Waals surface area contributed by atoms with Gasteiger partial charge in [0.25, 0.3) is 5.56 Å². The van der Waals surface area contributed by atoms with Crippen LogP contribution in [0.1, 0.15) is 19.0 Å². The molecule has 0 radical (unpaired) electrons. The quantitative estimate of drug-likeness (QED) is 0.921. The minimum atomic E-state index is -0.845. The summed E-state index contributed by atoms with van der Waals surface area (Å²) in [6.45, 7) is 4.10. The molecule has 0 fully saturated rings. The number of hydrogen-bond acceptors (Lipinski definition) is 3. The van der Waals surface area contributed by atoms with E-state index in [0.29, 0.717) is 23.7 Å². The van der Waals surface area contributed by atoms with Gasteiger partial charge in [0.1, 0.15) is 11.6 Å². The Hall–Kier alpha value is -2.17. The molecule has 0 amide bonds. The van der Waals surface area contributed by atoms with E-state index in [0.717, 1.165) is 6.42 Å². The molecule has 2 rings (SSSR count). The number of nitrogens with zero attached hydrogens (tertiary/aromatic N) is 1. The van der Waals surface area contributed by atoms with Crippen molar-refractivity contribution in [1.82, 2.24) is 9.97 Å². The van der Waals surface area contributed by atoms with Crippen molar-refractivity contribution in [2.24, 2.45) is 0 Å². The van der Waals surface area contributed by atoms with Crippen molar-refractivity contribution in [3.63, 3.8) is 0 Å². The minimum Gasteiger partial charge on any atom is -0.494 e. The van der Waals surface area contributed by atoms with Crippen molar-refractivity contribution in [2.75, 3.05) is 6.61 Å². The molecule has 0 saturated heterocycles. The fourth-order valence-corrected chi connectivity index (χ4v) is 1.66. The van der Waals surface area contributed by atoms with Crippen molar-refractivity contribution in [3.05, 3.63) is 46.1 Å². The summed E-state index contributed by atoms with van der Waals surface area (Å²) in [4.78, 5) is 17.8. The third-order valence-electron chi connectivity index (χ3n) is 2.61. The van der Waals surface area contributed by atoms with Crippen LogP contribution >= 0.6 is 0 Å². The lowest BCUT2D eigenvalue weighted by Gasteiger charge is -2.07. The second kappa shape index (κ2) is 5.65. The number of hydrogen-bond donors (Lipinski definition) is 1. The summed E-state index contributed by atoms with van der Waals surface area (Å²) >= 11 is 0. The second-order valence-corrected chi connectivity index (χ2v) is 4.19. The fraction of sp³-hybridized carbons (Fsp3) is 0.286. The van der Waals surface area contributed by atoms with Crippen LogP contribution < -0.4 is 10.3 Å². The Labute approximate surface area is 110 Å². The molecule has 0 bridgehead atoms. The molecule has 1 heterocycles. The highest BCUT2D eigenvalue weighted by molar-refractivity contribution is 5.57. The van der Waals surface area contributed by atoms with Gasteiger partial charge in [0.2, 0.25) is 5.82 Å². The first-order valence-corrected chi connectivity index (χ1v) is 6.11. The van der Waals surface area contributed by atoms with E-state index in [-0.39, 0.29) is 5.69 Å². The fourth-order valence-electron chi connectivity index (χ4n) is 1.66. The Balaban J connectivity index is 2.39. The molecule has 4 nitrogen and oxygen atoms in total. The van der Waals surface area contributed by atoms with E-state index in [1.54, 1.807) is 18.2 Å². The molecule has 5 heteroatoms. The van der Waals surface area contributed by atoms with Gasteiger partial charge in [0.15, 0.2) is 0 Å². The lowest BCUT2D eigenvalue weighted by molar-refractivity contribution is 0.317. The SMILES string of the molecule is CCCOc1cccc(-c2nc(C)c(F)c(=O)[nH]2)c1. The van der Waals surface area contributed by atoms with Crippen LogP contribution in [0.4, 0.5) is 4.39 Å². The topological polar surface area (TPSA) is 55.0 Å². The summed E-state index contributed by atoms with van der Waals surface area (Å²) in [5.74, 6) is 0.192. The number of ether oxygens (including phenoxy) is 1. The monoisotopic (exact) mass is 262 g/mol. The van der Waals surface area contributed by atoms with Crippen LogP contribution in [0.5, 0.6) is 5.75 Å². The average molecular weight is 262 g/mol. The molecule has 1 aromatic heterocycles. The molecule has 2 aromatic rings. The Morgan fingerprint density at radius 1 is 1.42 bits per heavy atom. The highest BCUT2D eigenvalue weighted by Gasteiger charge is 2.09. The molecule has 1 N–H and O–H groups in total. The number of nitrogens with one attached hydrogen (secondary N) is 1. The molecule has 0 atom stereocenters. The van der Waals surface area contributed by atoms with Crippen LogP contribution in [0.15, 0.2) is 29.1 Å². The van der Waals surface area contributed by atoms with Crippen LogP contribution in [0.2, 0.25) is 0 Å². The van der Waals surface area contributed by atoms with Crippen LogP contribution in [-0.2, 0) is 0 Å². The number of aromatic nitrogens is 2. The van der Waals surface area contributed by atoms with Gasteiger partial charge in [-0.3, -0.25) is 4.79 Å². The maximum Gasteiger partial charge on any atom is 0.287 e. The smallest absolute Gasteiger partial charge is 0.287 e. The third kappa shape index (κ3) is 2.99. The van der Waals surface area contributed by atoms with Crippen molar-refractivity contribution < 1.29 is 9.13 Å². The van der Waals surface area contributed by atoms with E-state index in [2.05, 4.69) is 9.97 Å². The van der Waals surface area contributed by atoms with Crippen molar-refractivity contribution in [1.29, 1.82) is 0 Å². The van der Waals surface area contributed by atoms with Crippen LogP contribution in [0, 0.1) is 12.7 Å². The summed E-state index contributed by atoms with van der Waals surface area (Å²) in [5, 5.41) is 0. The zero-order valence-electron chi connectivity index (χ0n) is 10.9. The lowest BCUT2D eigenvalue weighted by Crippen LogP contribution is -2.15. The number of benzene rings is 1. The molecular weight excluding hydrogens is 247 g/mol. The maximum atomic E-state index is 13.2. The van der Waals surface area contributed by atoms with Gasteiger partial charge in [0, 0.05) is 5.56 Å². The molecule has 1 aromatic carbocycles. The Morgan fingerprint density at radius 3 is 2.89 bits per heavy atom. The molecule has 0 spiro atoms. The van der Waals surface area contributed by atoms with Gasteiger partial charge in [0.05, 0.1) is 12.3 Å². The largest absolute Gasteiger partial charge is 0.494 e. The van der Waals surface area contributed by atoms with E-state index < -0.39 is 11.4 Å². The maximum absolute atomic E-state index is 13.2. The van der Waals surface area contributed by atoms with Gasteiger partial charge in [-0.25, -0.2) is 4.98 Å². The highest BCUT2D eigenvalue weighted by Crippen LogP contribution is 2.20. The molecule has 100 valence electrons. The third-order valence-corrected chi connectivity index (χ3v) is 2.61. The predicted molar refractivity (Wildman–Crippen MR) is 70.8 cm³/mol. The summed E-state index contributed by atoms with van der Waals surface area (Å²) in [7, 11) is 0. The highest BCUT2D eigenvalue weighted by atomic mass is 19.1. The summed E-state index contributed by atoms with van der Waals surface area (Å²) in [6, 6.07) is 7.19. The first-order chi connectivity index (χ1) is 9.11. The van der Waals surface area contributed by atoms with Crippen LogP contribution in [0.25, 0.3) is 11.4 Å². The van der Waals surface area contributed by atoms with Gasteiger partial charge in [-0.15, -0.1) is 0 Å². The van der Waals surface area contributed by atoms with Crippen molar-refractivity contribution >= 4 is 0 Å². The molecular formula is C14H15FN2O2. The molecule has 19 heavy (non-hydrogen) atoms. The normalized spacial score (nSPS) is 10.5. The zero-order chi connectivity index (χ0) is 13.8. The Bertz CT molecular complexity index is 638. The van der Waals surface area contributed by atoms with Crippen molar-refractivity contribution in [2.45, 2.75) is 20.3 Å². The summed E-state index contributed by atoms with van der Waals surface area (Å²) < 4.78 is 18.7. The number of halogens is 1. The van der Waals surface area contributed by atoms with Gasteiger partial charge in [-0.05, 0) is 25.5 Å². The molecule has 0 unspecified atom stereocenters. The van der Waals surface area contributed by atoms with Gasteiger partial charge in [-0.1, -0.05) is 19.1 Å². The van der Waals surface area contributed by atoms with Gasteiger partial charge >= 0.3 is 0 Å². The zero-order valence-corrected chi connectivity index (χ0v) is 10.9. The van der Waals surface area contributed by atoms with E-state index in [1.807, 2.05) is 13.0 Å². The number of rotatable bonds is 4. The Morgan fingerprint density at radius 2 is 2.21 bits per heavy atom. The summed E-state index contributed by atoms with van der Waals surface area (Å²) in [5.41, 5.74) is 0.00909. The first-order valence-electron chi connectivity index (χ1n) is 6.11. The van der Waals surface area contributed by atoms with E-state index in [4.69, 9.17) is 4.74 Å². The van der Waals surface area contributed by atoms with Gasteiger partial charge < -0.3 is 9.72 Å². The first kappa shape index (κ1) is 13.3. The number of aromatic amines is 1. The van der Waals surface area contributed by atoms with Crippen LogP contribution in [-0.4, -0.2) is 16.6 Å². The van der Waals surface area contributed by atoms with E-state index in [1.165, 1.54) is 6.92 Å². The lowest BCUT2D eigenvalue weighted by atomic mass is 10.2. The summed E-state index contributed by atoms with van der Waals surface area (Å²) in [6.07, 6.45) is 0.912. The second-order valence-electron chi connectivity index (χ2n) is 4.19. The predicted octanol–water partition coefficient (Wildman–Crippen LogP) is 2.67.